The molecule has 0 aromatic carbocycles. The number of piperidine rings is 1. The molecule has 0 bridgehead atoms. The van der Waals surface area contributed by atoms with Crippen LogP contribution in [0.5, 0.6) is 0 Å². The third-order valence-corrected chi connectivity index (χ3v) is 6.77. The van der Waals surface area contributed by atoms with Crippen molar-refractivity contribution in [1.29, 1.82) is 0 Å². The van der Waals surface area contributed by atoms with Crippen molar-refractivity contribution >= 4 is 23.6 Å². The first-order valence-corrected chi connectivity index (χ1v) is 10.8. The molecule has 2 aliphatic heterocycles. The lowest BCUT2D eigenvalue weighted by Gasteiger charge is -2.32. The summed E-state index contributed by atoms with van der Waals surface area (Å²) >= 11 is 1.56. The zero-order valence-electron chi connectivity index (χ0n) is 15.6. The predicted molar refractivity (Wildman–Crippen MR) is 101 cm³/mol. The molecule has 1 aromatic heterocycles. The van der Waals surface area contributed by atoms with Crippen LogP contribution in [0.3, 0.4) is 0 Å². The van der Waals surface area contributed by atoms with Crippen LogP contribution in [0.25, 0.3) is 0 Å². The minimum absolute atomic E-state index is 0.00912. The van der Waals surface area contributed by atoms with Gasteiger partial charge in [-0.05, 0) is 39.0 Å². The molecular formula is C19H25N3O4S. The SMILES string of the molecule is CCOC(=O)[C@H]1CCCN(C(=O)C[C@H]2CSc3nc4c(c(=O)n32)CCC4)C1. The van der Waals surface area contributed by atoms with Gasteiger partial charge < -0.3 is 9.64 Å². The second kappa shape index (κ2) is 7.66. The summed E-state index contributed by atoms with van der Waals surface area (Å²) in [5.41, 5.74) is 1.82. The number of aromatic nitrogens is 2. The average molecular weight is 391 g/mol. The first-order chi connectivity index (χ1) is 13.1. The van der Waals surface area contributed by atoms with Gasteiger partial charge in [0.2, 0.25) is 5.91 Å². The Bertz CT molecular complexity index is 822. The van der Waals surface area contributed by atoms with Crippen LogP contribution in [0.2, 0.25) is 0 Å². The zero-order valence-corrected chi connectivity index (χ0v) is 16.4. The number of ether oxygens (including phenoxy) is 1. The normalized spacial score (nSPS) is 23.8. The summed E-state index contributed by atoms with van der Waals surface area (Å²) in [6.07, 6.45) is 4.51. The number of aryl methyl sites for hydroxylation is 1. The van der Waals surface area contributed by atoms with Crippen LogP contribution in [0.15, 0.2) is 9.95 Å². The highest BCUT2D eigenvalue weighted by Crippen LogP contribution is 2.34. The molecule has 0 unspecified atom stereocenters. The maximum absolute atomic E-state index is 12.9. The van der Waals surface area contributed by atoms with Crippen molar-refractivity contribution in [2.75, 3.05) is 25.4 Å². The van der Waals surface area contributed by atoms with Crippen molar-refractivity contribution < 1.29 is 14.3 Å². The molecule has 2 atom stereocenters. The van der Waals surface area contributed by atoms with Crippen molar-refractivity contribution in [3.8, 4) is 0 Å². The molecule has 1 saturated heterocycles. The van der Waals surface area contributed by atoms with Crippen molar-refractivity contribution in [3.05, 3.63) is 21.6 Å². The Kier molecular flexibility index (Phi) is 5.25. The maximum Gasteiger partial charge on any atom is 0.310 e. The highest BCUT2D eigenvalue weighted by molar-refractivity contribution is 7.99. The molecule has 3 heterocycles. The monoisotopic (exact) mass is 391 g/mol. The van der Waals surface area contributed by atoms with Crippen molar-refractivity contribution in [3.63, 3.8) is 0 Å². The molecule has 8 heteroatoms. The van der Waals surface area contributed by atoms with Gasteiger partial charge in [0.15, 0.2) is 5.16 Å². The van der Waals surface area contributed by atoms with E-state index in [9.17, 15) is 14.4 Å². The molecule has 1 aromatic rings. The molecule has 146 valence electrons. The van der Waals surface area contributed by atoms with Crippen LogP contribution < -0.4 is 5.56 Å². The van der Waals surface area contributed by atoms with E-state index in [0.29, 0.717) is 25.4 Å². The van der Waals surface area contributed by atoms with Crippen molar-refractivity contribution in [2.24, 2.45) is 5.92 Å². The lowest BCUT2D eigenvalue weighted by atomic mass is 9.97. The Labute approximate surface area is 162 Å². The van der Waals surface area contributed by atoms with Gasteiger partial charge in [0.1, 0.15) is 0 Å². The summed E-state index contributed by atoms with van der Waals surface area (Å²) in [5.74, 6) is 0.259. The third kappa shape index (κ3) is 3.51. The minimum atomic E-state index is -0.236. The van der Waals surface area contributed by atoms with E-state index in [1.807, 2.05) is 0 Å². The second-order valence-corrected chi connectivity index (χ2v) is 8.44. The predicted octanol–water partition coefficient (Wildman–Crippen LogP) is 1.57. The number of esters is 1. The minimum Gasteiger partial charge on any atom is -0.466 e. The van der Waals surface area contributed by atoms with Crippen LogP contribution in [0.1, 0.15) is 49.9 Å². The molecular weight excluding hydrogens is 366 g/mol. The van der Waals surface area contributed by atoms with Crippen LogP contribution in [0, 0.1) is 5.92 Å². The fourth-order valence-electron chi connectivity index (χ4n) is 4.29. The molecule has 7 nitrogen and oxygen atoms in total. The van der Waals surface area contributed by atoms with E-state index >= 15 is 0 Å². The summed E-state index contributed by atoms with van der Waals surface area (Å²) < 4.78 is 6.85. The highest BCUT2D eigenvalue weighted by Gasteiger charge is 2.34. The van der Waals surface area contributed by atoms with Crippen LogP contribution in [-0.4, -0.2) is 51.8 Å². The number of hydrogen-bond acceptors (Lipinski definition) is 6. The molecule has 0 saturated carbocycles. The summed E-state index contributed by atoms with van der Waals surface area (Å²) in [7, 11) is 0. The largest absolute Gasteiger partial charge is 0.466 e. The smallest absolute Gasteiger partial charge is 0.310 e. The van der Waals surface area contributed by atoms with Gasteiger partial charge in [0.05, 0.1) is 24.3 Å². The topological polar surface area (TPSA) is 81.5 Å². The lowest BCUT2D eigenvalue weighted by molar-refractivity contribution is -0.151. The highest BCUT2D eigenvalue weighted by atomic mass is 32.2. The Morgan fingerprint density at radius 1 is 1.30 bits per heavy atom. The van der Waals surface area contributed by atoms with E-state index in [1.165, 1.54) is 0 Å². The fourth-order valence-corrected chi connectivity index (χ4v) is 5.44. The quantitative estimate of drug-likeness (QED) is 0.572. The lowest BCUT2D eigenvalue weighted by Crippen LogP contribution is -2.43. The number of likely N-dealkylation sites (tertiary alicyclic amines) is 1. The van der Waals surface area contributed by atoms with Crippen LogP contribution in [0.4, 0.5) is 0 Å². The van der Waals surface area contributed by atoms with E-state index in [2.05, 4.69) is 4.98 Å². The standard InChI is InChI=1S/C19H25N3O4S/c1-2-26-18(25)12-5-4-8-21(10-12)16(23)9-13-11-27-19-20-15-7-3-6-14(15)17(24)22(13)19/h12-13H,2-11H2,1H3/t12-,13-/m0/s1. The molecule has 1 amide bonds. The van der Waals surface area contributed by atoms with Gasteiger partial charge in [0, 0.05) is 30.8 Å². The zero-order chi connectivity index (χ0) is 19.0. The Balaban J connectivity index is 1.46. The molecule has 27 heavy (non-hydrogen) atoms. The van der Waals surface area contributed by atoms with Gasteiger partial charge >= 0.3 is 5.97 Å². The maximum atomic E-state index is 12.9. The number of carbonyl (C=O) groups excluding carboxylic acids is 2. The van der Waals surface area contributed by atoms with Crippen LogP contribution in [-0.2, 0) is 27.2 Å². The number of thioether (sulfide) groups is 1. The molecule has 3 aliphatic rings. The number of hydrogen-bond donors (Lipinski definition) is 0. The number of rotatable bonds is 4. The number of fused-ring (bicyclic) bond motifs is 2. The fraction of sp³-hybridized carbons (Fsp3) is 0.684. The van der Waals surface area contributed by atoms with E-state index < -0.39 is 0 Å². The van der Waals surface area contributed by atoms with E-state index in [0.717, 1.165) is 48.5 Å². The Morgan fingerprint density at radius 2 is 2.15 bits per heavy atom. The summed E-state index contributed by atoms with van der Waals surface area (Å²) in [4.78, 5) is 44.2. The summed E-state index contributed by atoms with van der Waals surface area (Å²) in [5, 5.41) is 0.751. The third-order valence-electron chi connectivity index (χ3n) is 5.68. The number of amides is 1. The number of nitrogens with zero attached hydrogens (tertiary/aromatic N) is 3. The van der Waals surface area contributed by atoms with E-state index in [1.54, 1.807) is 28.2 Å². The van der Waals surface area contributed by atoms with Gasteiger partial charge in [-0.1, -0.05) is 11.8 Å². The Hall–Kier alpha value is -1.83. The Morgan fingerprint density at radius 3 is 2.96 bits per heavy atom. The molecule has 4 rings (SSSR count). The summed E-state index contributed by atoms with van der Waals surface area (Å²) in [6, 6.07) is -0.147. The van der Waals surface area contributed by atoms with E-state index in [-0.39, 0.29) is 35.8 Å². The number of carbonyl (C=O) groups is 2. The van der Waals surface area contributed by atoms with Gasteiger partial charge in [-0.3, -0.25) is 19.0 Å². The van der Waals surface area contributed by atoms with Gasteiger partial charge in [-0.25, -0.2) is 4.98 Å². The first-order valence-electron chi connectivity index (χ1n) is 9.80. The molecule has 0 spiro atoms. The van der Waals surface area contributed by atoms with E-state index in [4.69, 9.17) is 4.74 Å². The molecule has 1 fully saturated rings. The summed E-state index contributed by atoms with van der Waals surface area (Å²) in [6.45, 7) is 3.24. The average Bonchev–Trinajstić information content (AvgIpc) is 3.30. The van der Waals surface area contributed by atoms with Crippen molar-refractivity contribution in [2.45, 2.75) is 56.6 Å². The second-order valence-electron chi connectivity index (χ2n) is 7.45. The van der Waals surface area contributed by atoms with Gasteiger partial charge in [-0.15, -0.1) is 0 Å². The first kappa shape index (κ1) is 18.5. The molecule has 1 aliphatic carbocycles. The van der Waals surface area contributed by atoms with Gasteiger partial charge in [-0.2, -0.15) is 0 Å². The van der Waals surface area contributed by atoms with Gasteiger partial charge in [0.25, 0.3) is 5.56 Å². The van der Waals surface area contributed by atoms with Crippen LogP contribution >= 0.6 is 11.8 Å². The van der Waals surface area contributed by atoms with Crippen molar-refractivity contribution in [1.82, 2.24) is 14.5 Å². The molecule has 0 radical (unpaired) electrons. The molecule has 0 N–H and O–H groups in total.